The number of amides is 3. The van der Waals surface area contributed by atoms with Gasteiger partial charge >= 0.3 is 6.03 Å². The van der Waals surface area contributed by atoms with Crippen LogP contribution in [0.5, 0.6) is 11.5 Å². The maximum Gasteiger partial charge on any atom is 0.325 e. The molecule has 1 aromatic heterocycles. The molecule has 2 heterocycles. The average Bonchev–Trinajstić information content (AvgIpc) is 2.90. The minimum atomic E-state index is -0.816. The van der Waals surface area contributed by atoms with E-state index in [1.54, 1.807) is 18.3 Å². The molecule has 0 unspecified atom stereocenters. The van der Waals surface area contributed by atoms with Crippen LogP contribution in [0.15, 0.2) is 60.8 Å². The standard InChI is InChI=1S/C27H29F2N5O4/c28-20-4-2-19(3-5-20)16-26(35)33-27(36)32-21-6-7-24(23(29)17-21)38-22-8-10-31-25(18-22)30-9-1-11-34-12-14-37-15-13-34/h2-8,10,17-18H,1,9,11-16H2,(H,30,31)(H2,32,33,35,36). The molecule has 1 fully saturated rings. The summed E-state index contributed by atoms with van der Waals surface area (Å²) in [4.78, 5) is 30.8. The van der Waals surface area contributed by atoms with E-state index in [-0.39, 0.29) is 17.9 Å². The van der Waals surface area contributed by atoms with Crippen LogP contribution in [0.1, 0.15) is 12.0 Å². The van der Waals surface area contributed by atoms with Gasteiger partial charge in [0.05, 0.1) is 19.6 Å². The van der Waals surface area contributed by atoms with E-state index in [0.29, 0.717) is 17.1 Å². The summed E-state index contributed by atoms with van der Waals surface area (Å²) < 4.78 is 38.6. The lowest BCUT2D eigenvalue weighted by Crippen LogP contribution is -2.37. The number of anilines is 2. The van der Waals surface area contributed by atoms with Gasteiger partial charge in [-0.25, -0.2) is 18.6 Å². The Morgan fingerprint density at radius 2 is 1.82 bits per heavy atom. The lowest BCUT2D eigenvalue weighted by molar-refractivity contribution is -0.119. The van der Waals surface area contributed by atoms with E-state index < -0.39 is 23.6 Å². The molecule has 11 heteroatoms. The molecule has 3 amide bonds. The van der Waals surface area contributed by atoms with Gasteiger partial charge in [-0.15, -0.1) is 0 Å². The van der Waals surface area contributed by atoms with Gasteiger partial charge in [-0.2, -0.15) is 0 Å². The minimum Gasteiger partial charge on any atom is -0.454 e. The molecule has 4 rings (SSSR count). The van der Waals surface area contributed by atoms with Crippen molar-refractivity contribution in [1.82, 2.24) is 15.2 Å². The van der Waals surface area contributed by atoms with E-state index in [9.17, 15) is 18.4 Å². The van der Waals surface area contributed by atoms with Crippen molar-refractivity contribution in [3.63, 3.8) is 0 Å². The maximum atomic E-state index is 14.7. The van der Waals surface area contributed by atoms with Crippen LogP contribution in [0.3, 0.4) is 0 Å². The number of hydrogen-bond acceptors (Lipinski definition) is 7. The van der Waals surface area contributed by atoms with Crippen LogP contribution >= 0.6 is 0 Å². The van der Waals surface area contributed by atoms with E-state index in [4.69, 9.17) is 9.47 Å². The lowest BCUT2D eigenvalue weighted by Gasteiger charge is -2.26. The summed E-state index contributed by atoms with van der Waals surface area (Å²) in [6.07, 6.45) is 2.41. The third kappa shape index (κ3) is 8.49. The largest absolute Gasteiger partial charge is 0.454 e. The van der Waals surface area contributed by atoms with Crippen LogP contribution in [-0.4, -0.2) is 61.2 Å². The summed E-state index contributed by atoms with van der Waals surface area (Å²) in [5.41, 5.74) is 0.686. The van der Waals surface area contributed by atoms with Gasteiger partial charge in [-0.05, 0) is 48.9 Å². The SMILES string of the molecule is O=C(Cc1ccc(F)cc1)NC(=O)Nc1ccc(Oc2ccnc(NCCCN3CCOCC3)c2)c(F)c1. The van der Waals surface area contributed by atoms with Gasteiger partial charge in [0.25, 0.3) is 0 Å². The number of carbonyl (C=O) groups excluding carboxylic acids is 2. The molecule has 3 N–H and O–H groups in total. The molecule has 0 saturated carbocycles. The topological polar surface area (TPSA) is 105 Å². The lowest BCUT2D eigenvalue weighted by atomic mass is 10.1. The van der Waals surface area contributed by atoms with Crippen molar-refractivity contribution >= 4 is 23.4 Å². The van der Waals surface area contributed by atoms with Crippen molar-refractivity contribution in [2.45, 2.75) is 12.8 Å². The molecule has 0 radical (unpaired) electrons. The summed E-state index contributed by atoms with van der Waals surface area (Å²) in [7, 11) is 0. The minimum absolute atomic E-state index is 0.0344. The van der Waals surface area contributed by atoms with Crippen molar-refractivity contribution < 1.29 is 27.8 Å². The molecule has 0 atom stereocenters. The Bertz CT molecular complexity index is 1240. The van der Waals surface area contributed by atoms with Crippen LogP contribution < -0.4 is 20.7 Å². The molecular weight excluding hydrogens is 496 g/mol. The van der Waals surface area contributed by atoms with E-state index >= 15 is 0 Å². The Balaban J connectivity index is 1.24. The molecule has 1 saturated heterocycles. The monoisotopic (exact) mass is 525 g/mol. The zero-order chi connectivity index (χ0) is 26.7. The first-order chi connectivity index (χ1) is 18.4. The number of rotatable bonds is 10. The van der Waals surface area contributed by atoms with Crippen LogP contribution in [0, 0.1) is 11.6 Å². The summed E-state index contributed by atoms with van der Waals surface area (Å²) in [5.74, 6) is -0.718. The number of ether oxygens (including phenoxy) is 2. The third-order valence-corrected chi connectivity index (χ3v) is 5.74. The number of benzene rings is 2. The highest BCUT2D eigenvalue weighted by atomic mass is 19.1. The third-order valence-electron chi connectivity index (χ3n) is 5.74. The molecule has 3 aromatic rings. The van der Waals surface area contributed by atoms with E-state index in [0.717, 1.165) is 51.9 Å². The second-order valence-corrected chi connectivity index (χ2v) is 8.66. The second-order valence-electron chi connectivity index (χ2n) is 8.66. The van der Waals surface area contributed by atoms with Crippen molar-refractivity contribution in [2.24, 2.45) is 0 Å². The summed E-state index contributed by atoms with van der Waals surface area (Å²) in [6, 6.07) is 11.8. The first-order valence-electron chi connectivity index (χ1n) is 12.3. The second kappa shape index (κ2) is 13.5. The molecule has 9 nitrogen and oxygen atoms in total. The van der Waals surface area contributed by atoms with E-state index in [2.05, 4.69) is 25.8 Å². The first kappa shape index (κ1) is 27.0. The number of morpholine rings is 1. The molecule has 0 spiro atoms. The maximum absolute atomic E-state index is 14.7. The Labute approximate surface area is 219 Å². The number of hydrogen-bond donors (Lipinski definition) is 3. The Kier molecular flexibility index (Phi) is 9.54. The number of aromatic nitrogens is 1. The predicted octanol–water partition coefficient (Wildman–Crippen LogP) is 4.18. The van der Waals surface area contributed by atoms with Gasteiger partial charge in [0.1, 0.15) is 17.4 Å². The fourth-order valence-corrected chi connectivity index (χ4v) is 3.82. The smallest absolute Gasteiger partial charge is 0.325 e. The Hall–Kier alpha value is -4.09. The number of nitrogens with one attached hydrogen (secondary N) is 3. The Morgan fingerprint density at radius 1 is 1.03 bits per heavy atom. The van der Waals surface area contributed by atoms with Gasteiger partial charge < -0.3 is 20.1 Å². The molecule has 1 aliphatic rings. The van der Waals surface area contributed by atoms with Gasteiger partial charge in [-0.3, -0.25) is 15.0 Å². The van der Waals surface area contributed by atoms with Gasteiger partial charge in [0.15, 0.2) is 11.6 Å². The van der Waals surface area contributed by atoms with Crippen molar-refractivity contribution in [2.75, 3.05) is 50.0 Å². The van der Waals surface area contributed by atoms with Crippen molar-refractivity contribution in [3.05, 3.63) is 78.0 Å². The molecule has 0 aliphatic carbocycles. The number of halogens is 2. The zero-order valence-corrected chi connectivity index (χ0v) is 20.7. The first-order valence-corrected chi connectivity index (χ1v) is 12.3. The summed E-state index contributed by atoms with van der Waals surface area (Å²) >= 11 is 0. The summed E-state index contributed by atoms with van der Waals surface area (Å²) in [5, 5.41) is 7.80. The molecule has 1 aliphatic heterocycles. The van der Waals surface area contributed by atoms with E-state index in [1.807, 2.05) is 0 Å². The molecule has 2 aromatic carbocycles. The number of urea groups is 1. The highest BCUT2D eigenvalue weighted by molar-refractivity contribution is 6.01. The fourth-order valence-electron chi connectivity index (χ4n) is 3.82. The van der Waals surface area contributed by atoms with Gasteiger partial charge in [0, 0.05) is 43.7 Å². The van der Waals surface area contributed by atoms with Crippen molar-refractivity contribution in [3.8, 4) is 11.5 Å². The fraction of sp³-hybridized carbons (Fsp3) is 0.296. The molecular formula is C27H29F2N5O4. The number of pyridine rings is 1. The molecule has 38 heavy (non-hydrogen) atoms. The highest BCUT2D eigenvalue weighted by Crippen LogP contribution is 2.27. The number of nitrogens with zero attached hydrogens (tertiary/aromatic N) is 2. The number of carbonyl (C=O) groups is 2. The zero-order valence-electron chi connectivity index (χ0n) is 20.7. The van der Waals surface area contributed by atoms with E-state index in [1.165, 1.54) is 36.4 Å². The normalized spacial score (nSPS) is 13.5. The van der Waals surface area contributed by atoms with Crippen LogP contribution in [-0.2, 0) is 16.0 Å². The average molecular weight is 526 g/mol. The van der Waals surface area contributed by atoms with Gasteiger partial charge in [0.2, 0.25) is 5.91 Å². The van der Waals surface area contributed by atoms with Crippen molar-refractivity contribution in [1.29, 1.82) is 0 Å². The predicted molar refractivity (Wildman–Crippen MR) is 138 cm³/mol. The van der Waals surface area contributed by atoms with Crippen LogP contribution in [0.2, 0.25) is 0 Å². The van der Waals surface area contributed by atoms with Crippen LogP contribution in [0.4, 0.5) is 25.1 Å². The quantitative estimate of drug-likeness (QED) is 0.341. The molecule has 0 bridgehead atoms. The Morgan fingerprint density at radius 3 is 2.58 bits per heavy atom. The molecule has 200 valence electrons. The number of imide groups is 1. The highest BCUT2D eigenvalue weighted by Gasteiger charge is 2.12. The van der Waals surface area contributed by atoms with Gasteiger partial charge in [-0.1, -0.05) is 12.1 Å². The summed E-state index contributed by atoms with van der Waals surface area (Å²) in [6.45, 7) is 5.14. The van der Waals surface area contributed by atoms with Crippen LogP contribution in [0.25, 0.3) is 0 Å².